The minimum atomic E-state index is 0.177. The van der Waals surface area contributed by atoms with Crippen molar-refractivity contribution in [2.75, 3.05) is 19.1 Å². The molecule has 0 aromatic heterocycles. The van der Waals surface area contributed by atoms with Gasteiger partial charge in [0.2, 0.25) is 0 Å². The molecule has 1 N–H and O–H groups in total. The van der Waals surface area contributed by atoms with Gasteiger partial charge in [-0.05, 0) is 29.8 Å². The maximum absolute atomic E-state index is 9.73. The van der Waals surface area contributed by atoms with Gasteiger partial charge in [-0.25, -0.2) is 0 Å². The van der Waals surface area contributed by atoms with Gasteiger partial charge in [0.25, 0.3) is 0 Å². The Hall–Kier alpha value is -2.16. The van der Waals surface area contributed by atoms with Crippen molar-refractivity contribution in [2.45, 2.75) is 6.54 Å². The molecule has 0 aliphatic carbocycles. The van der Waals surface area contributed by atoms with Gasteiger partial charge in [0.15, 0.2) is 11.5 Å². The van der Waals surface area contributed by atoms with Crippen LogP contribution in [0.4, 0.5) is 5.69 Å². The van der Waals surface area contributed by atoms with Gasteiger partial charge in [-0.2, -0.15) is 0 Å². The molecule has 0 amide bonds. The van der Waals surface area contributed by atoms with Crippen molar-refractivity contribution in [2.24, 2.45) is 0 Å². The summed E-state index contributed by atoms with van der Waals surface area (Å²) in [7, 11) is 3.57. The molecule has 3 heteroatoms. The normalized spacial score (nSPS) is 10.1. The number of anilines is 1. The highest BCUT2D eigenvalue weighted by atomic mass is 16.5. The van der Waals surface area contributed by atoms with Crippen LogP contribution in [0.15, 0.2) is 48.5 Å². The average molecular weight is 243 g/mol. The Bertz CT molecular complexity index is 511. The van der Waals surface area contributed by atoms with Crippen LogP contribution in [0.5, 0.6) is 11.5 Å². The summed E-state index contributed by atoms with van der Waals surface area (Å²) < 4.78 is 5.03. The van der Waals surface area contributed by atoms with Crippen LogP contribution < -0.4 is 9.64 Å². The van der Waals surface area contributed by atoms with Gasteiger partial charge in [-0.3, -0.25) is 0 Å². The third-order valence-corrected chi connectivity index (χ3v) is 2.86. The molecule has 0 unspecified atom stereocenters. The fourth-order valence-electron chi connectivity index (χ4n) is 1.88. The molecule has 0 aliphatic heterocycles. The summed E-state index contributed by atoms with van der Waals surface area (Å²) in [4.78, 5) is 2.13. The Labute approximate surface area is 107 Å². The molecule has 2 aromatic carbocycles. The molecular formula is C15H17NO2. The monoisotopic (exact) mass is 243 g/mol. The fourth-order valence-corrected chi connectivity index (χ4v) is 1.88. The van der Waals surface area contributed by atoms with Crippen LogP contribution in [0.2, 0.25) is 0 Å². The topological polar surface area (TPSA) is 32.7 Å². The fraction of sp³-hybridized carbons (Fsp3) is 0.200. The zero-order valence-corrected chi connectivity index (χ0v) is 10.6. The molecule has 0 atom stereocenters. The van der Waals surface area contributed by atoms with Crippen LogP contribution in [-0.4, -0.2) is 19.3 Å². The Balaban J connectivity index is 2.12. The van der Waals surface area contributed by atoms with Gasteiger partial charge >= 0.3 is 0 Å². The summed E-state index contributed by atoms with van der Waals surface area (Å²) >= 11 is 0. The third kappa shape index (κ3) is 2.74. The van der Waals surface area contributed by atoms with Crippen LogP contribution in [0, 0.1) is 0 Å². The van der Waals surface area contributed by atoms with Gasteiger partial charge in [0, 0.05) is 19.3 Å². The quantitative estimate of drug-likeness (QED) is 0.896. The number of aromatic hydroxyl groups is 1. The molecule has 2 rings (SSSR count). The number of ether oxygens (including phenoxy) is 1. The molecular weight excluding hydrogens is 226 g/mol. The van der Waals surface area contributed by atoms with Crippen LogP contribution in [0.25, 0.3) is 0 Å². The van der Waals surface area contributed by atoms with Gasteiger partial charge in [-0.1, -0.05) is 24.3 Å². The number of phenolic OH excluding ortho intramolecular Hbond substituents is 1. The highest BCUT2D eigenvalue weighted by molar-refractivity contribution is 5.47. The number of nitrogens with zero attached hydrogens (tertiary/aromatic N) is 1. The summed E-state index contributed by atoms with van der Waals surface area (Å²) in [5.41, 5.74) is 2.19. The van der Waals surface area contributed by atoms with E-state index in [-0.39, 0.29) is 5.75 Å². The van der Waals surface area contributed by atoms with E-state index in [9.17, 15) is 5.11 Å². The van der Waals surface area contributed by atoms with Crippen molar-refractivity contribution in [1.29, 1.82) is 0 Å². The van der Waals surface area contributed by atoms with Crippen molar-refractivity contribution >= 4 is 5.69 Å². The maximum Gasteiger partial charge on any atom is 0.160 e. The smallest absolute Gasteiger partial charge is 0.160 e. The average Bonchev–Trinajstić information content (AvgIpc) is 2.40. The van der Waals surface area contributed by atoms with E-state index < -0.39 is 0 Å². The predicted molar refractivity (Wildman–Crippen MR) is 73.2 cm³/mol. The zero-order chi connectivity index (χ0) is 13.0. The first-order chi connectivity index (χ1) is 8.70. The van der Waals surface area contributed by atoms with Gasteiger partial charge in [-0.15, -0.1) is 0 Å². The van der Waals surface area contributed by atoms with Crippen molar-refractivity contribution in [3.8, 4) is 11.5 Å². The molecule has 0 fully saturated rings. The molecule has 18 heavy (non-hydrogen) atoms. The van der Waals surface area contributed by atoms with E-state index in [0.717, 1.165) is 17.8 Å². The second-order valence-corrected chi connectivity index (χ2v) is 4.20. The van der Waals surface area contributed by atoms with Crippen molar-refractivity contribution in [3.05, 3.63) is 54.1 Å². The zero-order valence-electron chi connectivity index (χ0n) is 10.6. The van der Waals surface area contributed by atoms with E-state index in [1.807, 2.05) is 31.3 Å². The minimum absolute atomic E-state index is 0.177. The minimum Gasteiger partial charge on any atom is -0.504 e. The number of para-hydroxylation sites is 1. The molecule has 0 bridgehead atoms. The number of hydrogen-bond donors (Lipinski definition) is 1. The SMILES string of the molecule is COc1ccc(CN(C)c2ccccc2)cc1O. The molecule has 3 nitrogen and oxygen atoms in total. The molecule has 0 saturated heterocycles. The van der Waals surface area contributed by atoms with E-state index in [4.69, 9.17) is 4.74 Å². The van der Waals surface area contributed by atoms with Crippen molar-refractivity contribution in [3.63, 3.8) is 0 Å². The Morgan fingerprint density at radius 3 is 2.44 bits per heavy atom. The van der Waals surface area contributed by atoms with Crippen LogP contribution in [-0.2, 0) is 6.54 Å². The summed E-state index contributed by atoms with van der Waals surface area (Å²) in [6.07, 6.45) is 0. The van der Waals surface area contributed by atoms with Gasteiger partial charge < -0.3 is 14.7 Å². The second kappa shape index (κ2) is 5.45. The largest absolute Gasteiger partial charge is 0.504 e. The van der Waals surface area contributed by atoms with Crippen LogP contribution in [0.3, 0.4) is 0 Å². The van der Waals surface area contributed by atoms with Gasteiger partial charge in [0.05, 0.1) is 7.11 Å². The lowest BCUT2D eigenvalue weighted by atomic mass is 10.2. The van der Waals surface area contributed by atoms with E-state index in [1.54, 1.807) is 19.2 Å². The first kappa shape index (κ1) is 12.3. The second-order valence-electron chi connectivity index (χ2n) is 4.20. The highest BCUT2D eigenvalue weighted by Crippen LogP contribution is 2.27. The lowest BCUT2D eigenvalue weighted by Gasteiger charge is -2.19. The Morgan fingerprint density at radius 1 is 1.11 bits per heavy atom. The summed E-state index contributed by atoms with van der Waals surface area (Å²) in [6, 6.07) is 15.6. The van der Waals surface area contributed by atoms with Crippen molar-refractivity contribution < 1.29 is 9.84 Å². The molecule has 0 aliphatic rings. The van der Waals surface area contributed by atoms with Gasteiger partial charge in [0.1, 0.15) is 0 Å². The number of phenols is 1. The Morgan fingerprint density at radius 2 is 1.83 bits per heavy atom. The van der Waals surface area contributed by atoms with E-state index >= 15 is 0 Å². The molecule has 0 saturated carbocycles. The molecule has 0 heterocycles. The molecule has 2 aromatic rings. The molecule has 0 radical (unpaired) electrons. The third-order valence-electron chi connectivity index (χ3n) is 2.86. The number of hydrogen-bond acceptors (Lipinski definition) is 3. The number of methoxy groups -OCH3 is 1. The van der Waals surface area contributed by atoms with E-state index in [1.165, 1.54) is 0 Å². The molecule has 94 valence electrons. The summed E-state index contributed by atoms with van der Waals surface area (Å²) in [5.74, 6) is 0.678. The Kier molecular flexibility index (Phi) is 3.72. The predicted octanol–water partition coefficient (Wildman–Crippen LogP) is 3.04. The number of rotatable bonds is 4. The van der Waals surface area contributed by atoms with Crippen LogP contribution in [0.1, 0.15) is 5.56 Å². The highest BCUT2D eigenvalue weighted by Gasteiger charge is 2.05. The van der Waals surface area contributed by atoms with Crippen LogP contribution >= 0.6 is 0 Å². The van der Waals surface area contributed by atoms with E-state index in [2.05, 4.69) is 17.0 Å². The van der Waals surface area contributed by atoms with E-state index in [0.29, 0.717) is 5.75 Å². The summed E-state index contributed by atoms with van der Waals surface area (Å²) in [5, 5.41) is 9.73. The molecule has 0 spiro atoms. The lowest BCUT2D eigenvalue weighted by molar-refractivity contribution is 0.373. The summed E-state index contributed by atoms with van der Waals surface area (Å²) in [6.45, 7) is 0.738. The standard InChI is InChI=1S/C15H17NO2/c1-16(13-6-4-3-5-7-13)11-12-8-9-15(18-2)14(17)10-12/h3-10,17H,11H2,1-2H3. The first-order valence-corrected chi connectivity index (χ1v) is 5.83. The van der Waals surface area contributed by atoms with Crippen molar-refractivity contribution in [1.82, 2.24) is 0 Å². The number of benzene rings is 2. The first-order valence-electron chi connectivity index (χ1n) is 5.83. The maximum atomic E-state index is 9.73. The lowest BCUT2D eigenvalue weighted by Crippen LogP contribution is -2.15.